The van der Waals surface area contributed by atoms with Crippen LogP contribution in [0.4, 0.5) is 11.4 Å². The molecule has 0 radical (unpaired) electrons. The lowest BCUT2D eigenvalue weighted by Gasteiger charge is -2.13. The quantitative estimate of drug-likeness (QED) is 0.601. The van der Waals surface area contributed by atoms with Gasteiger partial charge in [0.1, 0.15) is 11.6 Å². The van der Waals surface area contributed by atoms with Crippen LogP contribution >= 0.6 is 0 Å². The molecule has 0 unspecified atom stereocenters. The van der Waals surface area contributed by atoms with Gasteiger partial charge in [0, 0.05) is 17.6 Å². The lowest BCUT2D eigenvalue weighted by Crippen LogP contribution is -2.16. The van der Waals surface area contributed by atoms with Gasteiger partial charge >= 0.3 is 0 Å². The summed E-state index contributed by atoms with van der Waals surface area (Å²) in [6.45, 7) is 6.04. The van der Waals surface area contributed by atoms with Gasteiger partial charge in [-0.1, -0.05) is 50.2 Å². The molecule has 0 aliphatic rings. The number of aryl methyl sites for hydroxylation is 3. The average molecular weight is 333 g/mol. The molecule has 0 saturated heterocycles. The number of hydrogen-bond acceptors (Lipinski definition) is 3. The fraction of sp³-hybridized carbons (Fsp3) is 0.238. The summed E-state index contributed by atoms with van der Waals surface area (Å²) in [5.74, 6) is -0.409. The fourth-order valence-electron chi connectivity index (χ4n) is 2.65. The van der Waals surface area contributed by atoms with Crippen LogP contribution in [0.1, 0.15) is 30.5 Å². The molecule has 0 heterocycles. The van der Waals surface area contributed by atoms with E-state index in [0.717, 1.165) is 40.9 Å². The van der Waals surface area contributed by atoms with Crippen molar-refractivity contribution < 1.29 is 4.79 Å². The normalized spacial score (nSPS) is 10.9. The number of rotatable bonds is 6. The molecule has 2 N–H and O–H groups in total. The van der Waals surface area contributed by atoms with Crippen molar-refractivity contribution in [2.75, 3.05) is 10.6 Å². The van der Waals surface area contributed by atoms with Crippen molar-refractivity contribution in [1.82, 2.24) is 0 Å². The van der Waals surface area contributed by atoms with Crippen LogP contribution in [0.3, 0.4) is 0 Å². The second kappa shape index (κ2) is 8.70. The van der Waals surface area contributed by atoms with E-state index < -0.39 is 5.91 Å². The highest BCUT2D eigenvalue weighted by Crippen LogP contribution is 2.22. The van der Waals surface area contributed by atoms with Crippen molar-refractivity contribution >= 4 is 17.3 Å². The Morgan fingerprint density at radius 1 is 1.08 bits per heavy atom. The molecule has 0 saturated carbocycles. The zero-order chi connectivity index (χ0) is 18.2. The predicted molar refractivity (Wildman–Crippen MR) is 102 cm³/mol. The van der Waals surface area contributed by atoms with Gasteiger partial charge in [-0.3, -0.25) is 4.79 Å². The summed E-state index contributed by atoms with van der Waals surface area (Å²) in [6, 6.07) is 15.7. The Kier molecular flexibility index (Phi) is 6.36. The van der Waals surface area contributed by atoms with Gasteiger partial charge in [0.05, 0.1) is 0 Å². The maximum absolute atomic E-state index is 12.5. The molecule has 128 valence electrons. The van der Waals surface area contributed by atoms with Gasteiger partial charge in [-0.15, -0.1) is 0 Å². The van der Waals surface area contributed by atoms with E-state index in [1.165, 1.54) is 6.20 Å². The van der Waals surface area contributed by atoms with E-state index >= 15 is 0 Å². The third-order valence-electron chi connectivity index (χ3n) is 4.11. The summed E-state index contributed by atoms with van der Waals surface area (Å²) in [5, 5.41) is 15.3. The minimum atomic E-state index is -0.409. The molecule has 4 nitrogen and oxygen atoms in total. The summed E-state index contributed by atoms with van der Waals surface area (Å²) in [5.41, 5.74) is 4.88. The molecule has 2 aromatic rings. The van der Waals surface area contributed by atoms with Crippen LogP contribution in [0, 0.1) is 18.3 Å². The second-order valence-corrected chi connectivity index (χ2v) is 5.74. The molecule has 0 fully saturated rings. The van der Waals surface area contributed by atoms with Crippen LogP contribution in [0.25, 0.3) is 0 Å². The van der Waals surface area contributed by atoms with Crippen molar-refractivity contribution in [1.29, 1.82) is 5.26 Å². The van der Waals surface area contributed by atoms with Crippen LogP contribution < -0.4 is 10.6 Å². The van der Waals surface area contributed by atoms with Crippen LogP contribution in [-0.4, -0.2) is 5.91 Å². The van der Waals surface area contributed by atoms with E-state index in [-0.39, 0.29) is 5.57 Å². The van der Waals surface area contributed by atoms with E-state index in [0.29, 0.717) is 0 Å². The summed E-state index contributed by atoms with van der Waals surface area (Å²) in [4.78, 5) is 12.5. The maximum Gasteiger partial charge on any atom is 0.267 e. The number of carbonyl (C=O) groups excluding carboxylic acids is 1. The van der Waals surface area contributed by atoms with Gasteiger partial charge in [0.25, 0.3) is 5.91 Å². The predicted octanol–water partition coefficient (Wildman–Crippen LogP) is 4.58. The lowest BCUT2D eigenvalue weighted by atomic mass is 10.1. The number of benzene rings is 2. The number of nitrogens with zero attached hydrogens (tertiary/aromatic N) is 1. The van der Waals surface area contributed by atoms with Gasteiger partial charge in [-0.25, -0.2) is 0 Å². The largest absolute Gasteiger partial charge is 0.360 e. The molecule has 2 aromatic carbocycles. The summed E-state index contributed by atoms with van der Waals surface area (Å²) >= 11 is 0. The first-order chi connectivity index (χ1) is 12.1. The maximum atomic E-state index is 12.5. The molecular formula is C21H23N3O. The monoisotopic (exact) mass is 333 g/mol. The number of hydrogen-bond donors (Lipinski definition) is 2. The number of amides is 1. The molecule has 0 bridgehead atoms. The molecule has 2 rings (SSSR count). The number of anilines is 2. The molecule has 0 aliphatic heterocycles. The summed E-state index contributed by atoms with van der Waals surface area (Å²) in [6.07, 6.45) is 3.15. The standard InChI is InChI=1S/C21H23N3O/c1-4-16-10-6-7-12-19(16)23-14-18(13-22)21(25)24-20-15(3)9-8-11-17(20)5-2/h6-12,14,23H,4-5H2,1-3H3,(H,24,25)/b18-14-. The van der Waals surface area contributed by atoms with Gasteiger partial charge in [0.2, 0.25) is 0 Å². The highest BCUT2D eigenvalue weighted by Gasteiger charge is 2.13. The van der Waals surface area contributed by atoms with Crippen molar-refractivity contribution in [3.05, 3.63) is 70.9 Å². The highest BCUT2D eigenvalue weighted by atomic mass is 16.1. The van der Waals surface area contributed by atoms with E-state index in [1.54, 1.807) is 0 Å². The van der Waals surface area contributed by atoms with Crippen LogP contribution in [0.2, 0.25) is 0 Å². The smallest absolute Gasteiger partial charge is 0.267 e. The molecule has 4 heteroatoms. The van der Waals surface area contributed by atoms with Gasteiger partial charge in [0.15, 0.2) is 0 Å². The van der Waals surface area contributed by atoms with E-state index in [2.05, 4.69) is 17.6 Å². The summed E-state index contributed by atoms with van der Waals surface area (Å²) < 4.78 is 0. The SMILES string of the molecule is CCc1ccccc1N/C=C(/C#N)C(=O)Nc1c(C)cccc1CC. The zero-order valence-corrected chi connectivity index (χ0v) is 14.9. The first kappa shape index (κ1) is 18.3. The molecule has 0 spiro atoms. The summed E-state index contributed by atoms with van der Waals surface area (Å²) in [7, 11) is 0. The second-order valence-electron chi connectivity index (χ2n) is 5.74. The number of carbonyl (C=O) groups is 1. The Morgan fingerprint density at radius 2 is 1.76 bits per heavy atom. The average Bonchev–Trinajstić information content (AvgIpc) is 2.64. The minimum absolute atomic E-state index is 0.0382. The van der Waals surface area contributed by atoms with Crippen LogP contribution in [0.5, 0.6) is 0 Å². The Labute approximate surface area is 149 Å². The first-order valence-electron chi connectivity index (χ1n) is 8.45. The van der Waals surface area contributed by atoms with Crippen LogP contribution in [0.15, 0.2) is 54.2 Å². The zero-order valence-electron chi connectivity index (χ0n) is 14.9. The Hall–Kier alpha value is -3.06. The van der Waals surface area contributed by atoms with Crippen molar-refractivity contribution in [3.63, 3.8) is 0 Å². The number of para-hydroxylation sites is 2. The molecule has 1 amide bonds. The lowest BCUT2D eigenvalue weighted by molar-refractivity contribution is -0.112. The van der Waals surface area contributed by atoms with Crippen molar-refractivity contribution in [2.24, 2.45) is 0 Å². The van der Waals surface area contributed by atoms with Crippen molar-refractivity contribution in [2.45, 2.75) is 33.6 Å². The van der Waals surface area contributed by atoms with Gasteiger partial charge in [-0.05, 0) is 42.5 Å². The van der Waals surface area contributed by atoms with Crippen LogP contribution in [-0.2, 0) is 17.6 Å². The first-order valence-corrected chi connectivity index (χ1v) is 8.45. The van der Waals surface area contributed by atoms with E-state index in [9.17, 15) is 10.1 Å². The highest BCUT2D eigenvalue weighted by molar-refractivity contribution is 6.07. The minimum Gasteiger partial charge on any atom is -0.360 e. The molecule has 0 aliphatic carbocycles. The molecular weight excluding hydrogens is 310 g/mol. The molecule has 25 heavy (non-hydrogen) atoms. The Morgan fingerprint density at radius 3 is 2.44 bits per heavy atom. The van der Waals surface area contributed by atoms with E-state index in [4.69, 9.17) is 0 Å². The molecule has 0 atom stereocenters. The Bertz CT molecular complexity index is 831. The van der Waals surface area contributed by atoms with Crippen molar-refractivity contribution in [3.8, 4) is 6.07 Å². The fourth-order valence-corrected chi connectivity index (χ4v) is 2.65. The third kappa shape index (κ3) is 4.48. The van der Waals surface area contributed by atoms with Gasteiger partial charge < -0.3 is 10.6 Å². The third-order valence-corrected chi connectivity index (χ3v) is 4.11. The Balaban J connectivity index is 2.21. The van der Waals surface area contributed by atoms with Gasteiger partial charge in [-0.2, -0.15) is 5.26 Å². The molecule has 0 aromatic heterocycles. The van der Waals surface area contributed by atoms with E-state index in [1.807, 2.05) is 62.4 Å². The topological polar surface area (TPSA) is 64.9 Å². The number of nitriles is 1. The number of nitrogens with one attached hydrogen (secondary N) is 2.